The molecule has 1 atom stereocenters. The summed E-state index contributed by atoms with van der Waals surface area (Å²) in [5.74, 6) is 0.509. The largest absolute Gasteiger partial charge is 0.493 e. The van der Waals surface area contributed by atoms with Gasteiger partial charge in [0, 0.05) is 6.07 Å². The van der Waals surface area contributed by atoms with Gasteiger partial charge in [0.1, 0.15) is 11.5 Å². The molecule has 21 heavy (non-hydrogen) atoms. The van der Waals surface area contributed by atoms with Crippen molar-refractivity contribution in [2.45, 2.75) is 45.4 Å². The summed E-state index contributed by atoms with van der Waals surface area (Å²) in [7, 11) is 0. The molecule has 0 saturated carbocycles. The lowest BCUT2D eigenvalue weighted by Gasteiger charge is -2.27. The Morgan fingerprint density at radius 3 is 1.71 bits per heavy atom. The van der Waals surface area contributed by atoms with Crippen LogP contribution in [0, 0.1) is 0 Å². The summed E-state index contributed by atoms with van der Waals surface area (Å²) in [6.07, 6.45) is -3.32. The molecule has 6 heteroatoms. The fourth-order valence-corrected chi connectivity index (χ4v) is 1.62. The molecule has 0 heterocycles. The summed E-state index contributed by atoms with van der Waals surface area (Å²) in [5, 5.41) is 9.79. The maximum Gasteiger partial charge on any atom is 0.421 e. The molecule has 1 aromatic carbocycles. The van der Waals surface area contributed by atoms with Gasteiger partial charge in [-0.15, -0.1) is 0 Å². The van der Waals surface area contributed by atoms with E-state index in [1.165, 1.54) is 18.2 Å². The van der Waals surface area contributed by atoms with E-state index in [-0.39, 0.29) is 17.1 Å². The number of rotatable bonds is 7. The Morgan fingerprint density at radius 2 is 1.38 bits per heavy atom. The predicted molar refractivity (Wildman–Crippen MR) is 73.6 cm³/mol. The number of hydrogen-bond acceptors (Lipinski definition) is 3. The topological polar surface area (TPSA) is 38.7 Å². The molecule has 0 aliphatic heterocycles. The Morgan fingerprint density at radius 1 is 0.952 bits per heavy atom. The van der Waals surface area contributed by atoms with Crippen molar-refractivity contribution in [1.29, 1.82) is 0 Å². The van der Waals surface area contributed by atoms with Crippen LogP contribution in [0.2, 0.25) is 0 Å². The number of aliphatic hydroxyl groups is 1. The summed E-state index contributed by atoms with van der Waals surface area (Å²) < 4.78 is 49.6. The zero-order valence-electron chi connectivity index (χ0n) is 12.5. The van der Waals surface area contributed by atoms with E-state index in [0.717, 1.165) is 19.8 Å². The fourth-order valence-electron chi connectivity index (χ4n) is 1.62. The van der Waals surface area contributed by atoms with Gasteiger partial charge >= 0.3 is 6.18 Å². The molecule has 0 radical (unpaired) electrons. The molecule has 0 bridgehead atoms. The normalized spacial score (nSPS) is 14.6. The first-order valence-electron chi connectivity index (χ1n) is 6.92. The Hall–Kier alpha value is -1.43. The molecule has 0 amide bonds. The van der Waals surface area contributed by atoms with Crippen LogP contribution in [0.15, 0.2) is 18.2 Å². The van der Waals surface area contributed by atoms with Gasteiger partial charge in [-0.3, -0.25) is 0 Å². The minimum absolute atomic E-state index is 0.255. The highest BCUT2D eigenvalue weighted by atomic mass is 19.4. The summed E-state index contributed by atoms with van der Waals surface area (Å²) >= 11 is 0. The molecule has 0 spiro atoms. The molecule has 1 rings (SSSR count). The number of alkyl halides is 3. The molecule has 0 aliphatic rings. The third-order valence-corrected chi connectivity index (χ3v) is 2.94. The second-order valence-electron chi connectivity index (χ2n) is 4.96. The molecule has 0 saturated heterocycles. The molecule has 0 aromatic heterocycles. The molecule has 1 unspecified atom stereocenters. The second-order valence-corrected chi connectivity index (χ2v) is 4.96. The van der Waals surface area contributed by atoms with Crippen molar-refractivity contribution < 1.29 is 27.8 Å². The van der Waals surface area contributed by atoms with Crippen LogP contribution in [0.3, 0.4) is 0 Å². The van der Waals surface area contributed by atoms with E-state index >= 15 is 0 Å². The lowest BCUT2D eigenvalue weighted by Crippen LogP contribution is -2.39. The molecule has 1 aromatic rings. The zero-order valence-corrected chi connectivity index (χ0v) is 12.5. The first kappa shape index (κ1) is 17.6. The van der Waals surface area contributed by atoms with Crippen molar-refractivity contribution in [1.82, 2.24) is 0 Å². The minimum Gasteiger partial charge on any atom is -0.493 e. The molecular weight excluding hydrogens is 285 g/mol. The van der Waals surface area contributed by atoms with Crippen molar-refractivity contribution in [3.05, 3.63) is 23.8 Å². The number of benzene rings is 1. The Kier molecular flexibility index (Phi) is 5.89. The Labute approximate surface area is 122 Å². The SMILES string of the molecule is CCCOc1cc(OCCC)cc(C(C)(O)C(F)(F)F)c1. The van der Waals surface area contributed by atoms with Gasteiger partial charge in [-0.2, -0.15) is 13.2 Å². The van der Waals surface area contributed by atoms with E-state index in [2.05, 4.69) is 0 Å². The third kappa shape index (κ3) is 4.52. The number of ether oxygens (including phenoxy) is 2. The zero-order chi connectivity index (χ0) is 16.1. The van der Waals surface area contributed by atoms with Gasteiger partial charge in [-0.1, -0.05) is 13.8 Å². The van der Waals surface area contributed by atoms with E-state index in [0.29, 0.717) is 13.2 Å². The van der Waals surface area contributed by atoms with Crippen LogP contribution in [0.1, 0.15) is 39.2 Å². The van der Waals surface area contributed by atoms with Gasteiger partial charge in [0.05, 0.1) is 13.2 Å². The van der Waals surface area contributed by atoms with Gasteiger partial charge in [0.15, 0.2) is 5.60 Å². The van der Waals surface area contributed by atoms with E-state index in [1.54, 1.807) is 0 Å². The van der Waals surface area contributed by atoms with Crippen LogP contribution >= 0.6 is 0 Å². The van der Waals surface area contributed by atoms with Gasteiger partial charge in [-0.25, -0.2) is 0 Å². The second kappa shape index (κ2) is 7.02. The molecule has 0 aliphatic carbocycles. The highest BCUT2D eigenvalue weighted by Crippen LogP contribution is 2.41. The molecule has 3 nitrogen and oxygen atoms in total. The Balaban J connectivity index is 3.17. The molecular formula is C15H21F3O3. The van der Waals surface area contributed by atoms with Crippen LogP contribution in [0.25, 0.3) is 0 Å². The highest BCUT2D eigenvalue weighted by Gasteiger charge is 2.51. The van der Waals surface area contributed by atoms with Crippen molar-refractivity contribution >= 4 is 0 Å². The van der Waals surface area contributed by atoms with E-state index in [4.69, 9.17) is 9.47 Å². The average molecular weight is 306 g/mol. The maximum absolute atomic E-state index is 13.0. The van der Waals surface area contributed by atoms with Crippen molar-refractivity contribution in [3.63, 3.8) is 0 Å². The number of hydrogen-bond donors (Lipinski definition) is 1. The van der Waals surface area contributed by atoms with Gasteiger partial charge in [0.25, 0.3) is 0 Å². The first-order valence-corrected chi connectivity index (χ1v) is 6.92. The van der Waals surface area contributed by atoms with Gasteiger partial charge < -0.3 is 14.6 Å². The van der Waals surface area contributed by atoms with Crippen LogP contribution in [0.4, 0.5) is 13.2 Å². The van der Waals surface area contributed by atoms with Gasteiger partial charge in [-0.05, 0) is 37.5 Å². The van der Waals surface area contributed by atoms with E-state index in [1.807, 2.05) is 13.8 Å². The smallest absolute Gasteiger partial charge is 0.421 e. The number of halogens is 3. The van der Waals surface area contributed by atoms with Crippen molar-refractivity contribution in [2.75, 3.05) is 13.2 Å². The standard InChI is InChI=1S/C15H21F3O3/c1-4-6-20-12-8-11(14(3,19)15(16,17)18)9-13(10-12)21-7-5-2/h8-10,19H,4-7H2,1-3H3. The first-order chi connectivity index (χ1) is 9.72. The van der Waals surface area contributed by atoms with Crippen molar-refractivity contribution in [2.24, 2.45) is 0 Å². The van der Waals surface area contributed by atoms with Crippen LogP contribution in [-0.2, 0) is 5.60 Å². The average Bonchev–Trinajstić information content (AvgIpc) is 2.41. The van der Waals surface area contributed by atoms with Crippen molar-refractivity contribution in [3.8, 4) is 11.5 Å². The summed E-state index contributed by atoms with van der Waals surface area (Å²) in [6.45, 7) is 5.26. The predicted octanol–water partition coefficient (Wildman–Crippen LogP) is 4.03. The Bertz CT molecular complexity index is 430. The highest BCUT2D eigenvalue weighted by molar-refractivity contribution is 5.41. The quantitative estimate of drug-likeness (QED) is 0.826. The molecule has 120 valence electrons. The maximum atomic E-state index is 13.0. The van der Waals surface area contributed by atoms with E-state index < -0.39 is 11.8 Å². The lowest BCUT2D eigenvalue weighted by molar-refractivity contribution is -0.258. The molecule has 1 N–H and O–H groups in total. The summed E-state index contributed by atoms with van der Waals surface area (Å²) in [4.78, 5) is 0. The fraction of sp³-hybridized carbons (Fsp3) is 0.600. The third-order valence-electron chi connectivity index (χ3n) is 2.94. The minimum atomic E-state index is -4.78. The molecule has 0 fully saturated rings. The van der Waals surface area contributed by atoms with Gasteiger partial charge in [0.2, 0.25) is 0 Å². The van der Waals surface area contributed by atoms with E-state index in [9.17, 15) is 18.3 Å². The van der Waals surface area contributed by atoms with Crippen LogP contribution in [0.5, 0.6) is 11.5 Å². The summed E-state index contributed by atoms with van der Waals surface area (Å²) in [6, 6.07) is 3.92. The summed E-state index contributed by atoms with van der Waals surface area (Å²) in [5.41, 5.74) is -3.25. The van der Waals surface area contributed by atoms with Crippen LogP contribution < -0.4 is 9.47 Å². The lowest BCUT2D eigenvalue weighted by atomic mass is 9.95. The monoisotopic (exact) mass is 306 g/mol. The van der Waals surface area contributed by atoms with Crippen LogP contribution in [-0.4, -0.2) is 24.5 Å².